The smallest absolute Gasteiger partial charge is 0.194 e. The van der Waals surface area contributed by atoms with Crippen LogP contribution in [0.4, 0.5) is 0 Å². The minimum absolute atomic E-state index is 0. The van der Waals surface area contributed by atoms with Crippen LogP contribution in [-0.4, -0.2) is 49.7 Å². The van der Waals surface area contributed by atoms with Crippen LogP contribution in [0, 0.1) is 0 Å². The van der Waals surface area contributed by atoms with Gasteiger partial charge in [0.25, 0.3) is 0 Å². The largest absolute Gasteiger partial charge is 0.496 e. The third-order valence-electron chi connectivity index (χ3n) is 3.55. The van der Waals surface area contributed by atoms with E-state index in [1.54, 1.807) is 19.5 Å². The summed E-state index contributed by atoms with van der Waals surface area (Å²) in [6.07, 6.45) is 3.42. The van der Waals surface area contributed by atoms with Crippen LogP contribution in [0.5, 0.6) is 11.5 Å². The number of hydrogen-bond acceptors (Lipinski definition) is 4. The molecule has 2 aromatic rings. The van der Waals surface area contributed by atoms with Crippen LogP contribution in [0.1, 0.15) is 12.5 Å². The third-order valence-corrected chi connectivity index (χ3v) is 3.55. The average Bonchev–Trinajstić information content (AvgIpc) is 2.65. The zero-order valence-corrected chi connectivity index (χ0v) is 17.8. The van der Waals surface area contributed by atoms with Crippen molar-refractivity contribution in [1.82, 2.24) is 15.2 Å². The van der Waals surface area contributed by atoms with Crippen molar-refractivity contribution in [2.24, 2.45) is 4.99 Å². The summed E-state index contributed by atoms with van der Waals surface area (Å²) in [6, 6.07) is 11.7. The summed E-state index contributed by atoms with van der Waals surface area (Å²) in [6.45, 7) is 4.63. The van der Waals surface area contributed by atoms with Gasteiger partial charge in [0.1, 0.15) is 18.1 Å². The van der Waals surface area contributed by atoms with Gasteiger partial charge in [-0.1, -0.05) is 18.2 Å². The van der Waals surface area contributed by atoms with E-state index in [-0.39, 0.29) is 24.0 Å². The summed E-state index contributed by atoms with van der Waals surface area (Å²) >= 11 is 0. The van der Waals surface area contributed by atoms with Crippen LogP contribution >= 0.6 is 24.0 Å². The zero-order valence-electron chi connectivity index (χ0n) is 15.5. The van der Waals surface area contributed by atoms with E-state index in [0.717, 1.165) is 29.6 Å². The predicted molar refractivity (Wildman–Crippen MR) is 116 cm³/mol. The van der Waals surface area contributed by atoms with Crippen molar-refractivity contribution in [2.75, 3.05) is 33.9 Å². The Labute approximate surface area is 172 Å². The van der Waals surface area contributed by atoms with Crippen LogP contribution in [0.15, 0.2) is 53.8 Å². The molecule has 0 saturated heterocycles. The molecule has 1 heterocycles. The minimum atomic E-state index is 0. The van der Waals surface area contributed by atoms with E-state index < -0.39 is 0 Å². The van der Waals surface area contributed by atoms with E-state index in [2.05, 4.69) is 33.2 Å². The minimum Gasteiger partial charge on any atom is -0.496 e. The molecule has 0 atom stereocenters. The number of ether oxygens (including phenoxy) is 2. The van der Waals surface area contributed by atoms with E-state index in [1.165, 1.54) is 0 Å². The number of methoxy groups -OCH3 is 1. The molecule has 0 amide bonds. The second kappa shape index (κ2) is 12.3. The highest BCUT2D eigenvalue weighted by Gasteiger charge is 2.09. The molecule has 0 radical (unpaired) electrons. The fourth-order valence-electron chi connectivity index (χ4n) is 2.38. The number of nitrogens with zero attached hydrogens (tertiary/aromatic N) is 3. The monoisotopic (exact) mass is 470 g/mol. The van der Waals surface area contributed by atoms with Crippen molar-refractivity contribution in [1.29, 1.82) is 0 Å². The van der Waals surface area contributed by atoms with Gasteiger partial charge < -0.3 is 19.7 Å². The lowest BCUT2D eigenvalue weighted by Crippen LogP contribution is -2.38. The predicted octanol–water partition coefficient (Wildman–Crippen LogP) is 3.18. The third kappa shape index (κ3) is 7.07. The van der Waals surface area contributed by atoms with Gasteiger partial charge in [-0.2, -0.15) is 0 Å². The van der Waals surface area contributed by atoms with E-state index in [4.69, 9.17) is 9.47 Å². The van der Waals surface area contributed by atoms with Gasteiger partial charge in [0.05, 0.1) is 19.9 Å². The lowest BCUT2D eigenvalue weighted by Gasteiger charge is -2.23. The first-order valence-corrected chi connectivity index (χ1v) is 8.38. The number of nitrogens with one attached hydrogen (secondary N) is 1. The second-order valence-electron chi connectivity index (χ2n) is 5.44. The van der Waals surface area contributed by atoms with Gasteiger partial charge in [-0.15, -0.1) is 24.0 Å². The fourth-order valence-corrected chi connectivity index (χ4v) is 2.38. The molecule has 0 aliphatic carbocycles. The quantitative estimate of drug-likeness (QED) is 0.278. The highest BCUT2D eigenvalue weighted by Crippen LogP contribution is 2.18. The maximum absolute atomic E-state index is 5.63. The average molecular weight is 470 g/mol. The zero-order chi connectivity index (χ0) is 17.9. The topological polar surface area (TPSA) is 59.0 Å². The van der Waals surface area contributed by atoms with Gasteiger partial charge in [0.2, 0.25) is 0 Å². The molecule has 0 unspecified atom stereocenters. The van der Waals surface area contributed by atoms with Gasteiger partial charge in [0, 0.05) is 31.9 Å². The summed E-state index contributed by atoms with van der Waals surface area (Å²) in [7, 11) is 3.70. The van der Waals surface area contributed by atoms with Crippen molar-refractivity contribution >= 4 is 29.9 Å². The summed E-state index contributed by atoms with van der Waals surface area (Å²) < 4.78 is 11.1. The molecule has 6 nitrogen and oxygen atoms in total. The van der Waals surface area contributed by atoms with Crippen molar-refractivity contribution in [3.63, 3.8) is 0 Å². The molecule has 26 heavy (non-hydrogen) atoms. The molecule has 0 bridgehead atoms. The number of benzene rings is 1. The number of guanidine groups is 1. The molecular weight excluding hydrogens is 443 g/mol. The Balaban J connectivity index is 0.00000338. The molecule has 0 aliphatic heterocycles. The van der Waals surface area contributed by atoms with Crippen molar-refractivity contribution in [2.45, 2.75) is 13.5 Å². The van der Waals surface area contributed by atoms with Crippen molar-refractivity contribution in [3.8, 4) is 11.5 Å². The number of para-hydroxylation sites is 1. The highest BCUT2D eigenvalue weighted by molar-refractivity contribution is 14.0. The van der Waals surface area contributed by atoms with Crippen LogP contribution in [0.25, 0.3) is 0 Å². The van der Waals surface area contributed by atoms with Gasteiger partial charge in [-0.3, -0.25) is 4.98 Å². The number of halogens is 1. The Hall–Kier alpha value is -2.03. The van der Waals surface area contributed by atoms with Crippen molar-refractivity contribution in [3.05, 3.63) is 54.4 Å². The summed E-state index contributed by atoms with van der Waals surface area (Å²) in [4.78, 5) is 10.7. The first kappa shape index (κ1) is 22.0. The second-order valence-corrected chi connectivity index (χ2v) is 5.44. The Morgan fingerprint density at radius 1 is 1.23 bits per heavy atom. The number of hydrogen-bond donors (Lipinski definition) is 1. The van der Waals surface area contributed by atoms with Crippen LogP contribution in [0.2, 0.25) is 0 Å². The molecule has 1 aromatic heterocycles. The van der Waals surface area contributed by atoms with Gasteiger partial charge in [-0.25, -0.2) is 4.99 Å². The van der Waals surface area contributed by atoms with E-state index >= 15 is 0 Å². The number of rotatable bonds is 8. The number of pyridine rings is 1. The summed E-state index contributed by atoms with van der Waals surface area (Å²) in [5.41, 5.74) is 1.12. The molecule has 142 valence electrons. The molecule has 0 saturated carbocycles. The molecular formula is C19H27IN4O2. The standard InChI is InChI=1S/C19H26N4O2.HI/c1-4-21-19(22-12-13-25-17-9-7-11-20-14-17)23(2)15-16-8-5-6-10-18(16)24-3;/h5-11,14H,4,12-13,15H2,1-3H3,(H,21,22);1H. The van der Waals surface area contributed by atoms with Gasteiger partial charge in [-0.05, 0) is 25.1 Å². The summed E-state index contributed by atoms with van der Waals surface area (Å²) in [5.74, 6) is 2.47. The molecule has 2 rings (SSSR count). The Morgan fingerprint density at radius 3 is 2.73 bits per heavy atom. The van der Waals surface area contributed by atoms with Crippen LogP contribution < -0.4 is 14.8 Å². The lowest BCUT2D eigenvalue weighted by atomic mass is 10.2. The normalized spacial score (nSPS) is 10.7. The van der Waals surface area contributed by atoms with Crippen molar-refractivity contribution < 1.29 is 9.47 Å². The number of aliphatic imine (C=N–C) groups is 1. The molecule has 0 fully saturated rings. The maximum atomic E-state index is 5.63. The van der Waals surface area contributed by atoms with E-state index in [1.807, 2.05) is 37.4 Å². The fraction of sp³-hybridized carbons (Fsp3) is 0.368. The number of aromatic nitrogens is 1. The maximum Gasteiger partial charge on any atom is 0.194 e. The molecule has 1 N–H and O–H groups in total. The van der Waals surface area contributed by atoms with E-state index in [9.17, 15) is 0 Å². The van der Waals surface area contributed by atoms with E-state index in [0.29, 0.717) is 19.7 Å². The van der Waals surface area contributed by atoms with Crippen LogP contribution in [-0.2, 0) is 6.54 Å². The first-order chi connectivity index (χ1) is 12.2. The SMILES string of the molecule is CCNC(=NCCOc1cccnc1)N(C)Cc1ccccc1OC.I. The first-order valence-electron chi connectivity index (χ1n) is 8.38. The molecule has 1 aromatic carbocycles. The molecule has 7 heteroatoms. The van der Waals surface area contributed by atoms with Gasteiger partial charge in [0.15, 0.2) is 5.96 Å². The molecule has 0 aliphatic rings. The summed E-state index contributed by atoms with van der Waals surface area (Å²) in [5, 5.41) is 3.31. The Kier molecular flexibility index (Phi) is 10.5. The highest BCUT2D eigenvalue weighted by atomic mass is 127. The van der Waals surface area contributed by atoms with Gasteiger partial charge >= 0.3 is 0 Å². The van der Waals surface area contributed by atoms with Crippen LogP contribution in [0.3, 0.4) is 0 Å². The lowest BCUT2D eigenvalue weighted by molar-refractivity contribution is 0.326. The Morgan fingerprint density at radius 2 is 2.04 bits per heavy atom. The Bertz CT molecular complexity index is 668. The molecule has 0 spiro atoms.